The van der Waals surface area contributed by atoms with Crippen molar-refractivity contribution >= 4 is 0 Å². The van der Waals surface area contributed by atoms with Crippen LogP contribution in [-0.4, -0.2) is 12.6 Å². The minimum Gasteiger partial charge on any atom is -0.314 e. The molecule has 0 aliphatic heterocycles. The molecule has 1 atom stereocenters. The van der Waals surface area contributed by atoms with Gasteiger partial charge in [-0.25, -0.2) is 8.78 Å². The maximum atomic E-state index is 13.2. The topological polar surface area (TPSA) is 12.0 Å². The van der Waals surface area contributed by atoms with Crippen molar-refractivity contribution < 1.29 is 8.78 Å². The molecule has 112 valence electrons. The molecule has 0 aromatic heterocycles. The summed E-state index contributed by atoms with van der Waals surface area (Å²) in [5, 5.41) is 3.45. The SMILES string of the molecule is CCNC(Cc1ccc(F)cc1)Cc1ccc(F)cc1C. The molecule has 21 heavy (non-hydrogen) atoms. The molecule has 2 aromatic rings. The molecule has 0 radical (unpaired) electrons. The molecule has 1 N–H and O–H groups in total. The fraction of sp³-hybridized carbons (Fsp3) is 0.333. The van der Waals surface area contributed by atoms with Gasteiger partial charge in [0.1, 0.15) is 11.6 Å². The molecule has 0 amide bonds. The first-order valence-electron chi connectivity index (χ1n) is 7.31. The van der Waals surface area contributed by atoms with E-state index in [2.05, 4.69) is 12.2 Å². The Morgan fingerprint density at radius 1 is 0.952 bits per heavy atom. The van der Waals surface area contributed by atoms with Gasteiger partial charge in [-0.2, -0.15) is 0 Å². The Balaban J connectivity index is 2.09. The Hall–Kier alpha value is -1.74. The normalized spacial score (nSPS) is 12.4. The molecule has 1 nitrogen and oxygen atoms in total. The lowest BCUT2D eigenvalue weighted by molar-refractivity contribution is 0.519. The van der Waals surface area contributed by atoms with Gasteiger partial charge >= 0.3 is 0 Å². The lowest BCUT2D eigenvalue weighted by atomic mass is 9.96. The van der Waals surface area contributed by atoms with Crippen LogP contribution < -0.4 is 5.32 Å². The smallest absolute Gasteiger partial charge is 0.123 e. The van der Waals surface area contributed by atoms with Crippen LogP contribution in [0.15, 0.2) is 42.5 Å². The monoisotopic (exact) mass is 289 g/mol. The minimum atomic E-state index is -0.215. The average Bonchev–Trinajstić information content (AvgIpc) is 2.44. The van der Waals surface area contributed by atoms with Crippen LogP contribution in [0, 0.1) is 18.6 Å². The summed E-state index contributed by atoms with van der Waals surface area (Å²) in [6.45, 7) is 4.86. The zero-order chi connectivity index (χ0) is 15.2. The second-order valence-electron chi connectivity index (χ2n) is 5.36. The van der Waals surface area contributed by atoms with Crippen molar-refractivity contribution in [1.82, 2.24) is 5.32 Å². The zero-order valence-corrected chi connectivity index (χ0v) is 12.5. The van der Waals surface area contributed by atoms with Gasteiger partial charge in [0, 0.05) is 6.04 Å². The summed E-state index contributed by atoms with van der Waals surface area (Å²) in [4.78, 5) is 0. The van der Waals surface area contributed by atoms with Crippen molar-refractivity contribution in [3.05, 3.63) is 70.8 Å². The average molecular weight is 289 g/mol. The third kappa shape index (κ3) is 4.64. The van der Waals surface area contributed by atoms with Gasteiger partial charge in [0.15, 0.2) is 0 Å². The largest absolute Gasteiger partial charge is 0.314 e. The number of hydrogen-bond acceptors (Lipinski definition) is 1. The van der Waals surface area contributed by atoms with E-state index in [-0.39, 0.29) is 17.7 Å². The Morgan fingerprint density at radius 2 is 1.62 bits per heavy atom. The summed E-state index contributed by atoms with van der Waals surface area (Å²) in [6.07, 6.45) is 1.66. The van der Waals surface area contributed by atoms with E-state index in [1.54, 1.807) is 6.07 Å². The standard InChI is InChI=1S/C18H21F2N/c1-3-21-18(11-14-4-7-16(19)8-5-14)12-15-6-9-17(20)10-13(15)2/h4-10,18,21H,3,11-12H2,1-2H3. The highest BCUT2D eigenvalue weighted by Gasteiger charge is 2.11. The molecule has 3 heteroatoms. The van der Waals surface area contributed by atoms with Crippen molar-refractivity contribution in [3.8, 4) is 0 Å². The van der Waals surface area contributed by atoms with Crippen LogP contribution in [0.1, 0.15) is 23.6 Å². The predicted molar refractivity (Wildman–Crippen MR) is 82.4 cm³/mol. The fourth-order valence-corrected chi connectivity index (χ4v) is 2.56. The molecule has 0 fully saturated rings. The Morgan fingerprint density at radius 3 is 2.24 bits per heavy atom. The first-order chi connectivity index (χ1) is 10.1. The van der Waals surface area contributed by atoms with E-state index >= 15 is 0 Å². The van der Waals surface area contributed by atoms with Gasteiger partial charge in [-0.3, -0.25) is 0 Å². The maximum Gasteiger partial charge on any atom is 0.123 e. The van der Waals surface area contributed by atoms with E-state index in [0.717, 1.165) is 36.1 Å². The van der Waals surface area contributed by atoms with Crippen molar-refractivity contribution in [2.24, 2.45) is 0 Å². The van der Waals surface area contributed by atoms with E-state index in [9.17, 15) is 8.78 Å². The van der Waals surface area contributed by atoms with Gasteiger partial charge in [0.25, 0.3) is 0 Å². The number of aryl methyl sites for hydroxylation is 1. The van der Waals surface area contributed by atoms with Crippen LogP contribution in [-0.2, 0) is 12.8 Å². The second kappa shape index (κ2) is 7.32. The summed E-state index contributed by atoms with van der Waals surface area (Å²) in [7, 11) is 0. The van der Waals surface area contributed by atoms with Gasteiger partial charge in [-0.15, -0.1) is 0 Å². The van der Waals surface area contributed by atoms with Crippen LogP contribution in [0.4, 0.5) is 8.78 Å². The van der Waals surface area contributed by atoms with E-state index in [0.29, 0.717) is 0 Å². The fourth-order valence-electron chi connectivity index (χ4n) is 2.56. The zero-order valence-electron chi connectivity index (χ0n) is 12.5. The van der Waals surface area contributed by atoms with Crippen molar-refractivity contribution in [3.63, 3.8) is 0 Å². The number of halogens is 2. The molecule has 0 saturated heterocycles. The number of nitrogens with one attached hydrogen (secondary N) is 1. The van der Waals surface area contributed by atoms with E-state index < -0.39 is 0 Å². The van der Waals surface area contributed by atoms with Crippen LogP contribution in [0.3, 0.4) is 0 Å². The van der Waals surface area contributed by atoms with Gasteiger partial charge in [0.05, 0.1) is 0 Å². The lowest BCUT2D eigenvalue weighted by Gasteiger charge is -2.19. The number of hydrogen-bond donors (Lipinski definition) is 1. The Kier molecular flexibility index (Phi) is 5.45. The first-order valence-corrected chi connectivity index (χ1v) is 7.31. The van der Waals surface area contributed by atoms with Crippen LogP contribution >= 0.6 is 0 Å². The summed E-state index contributed by atoms with van der Waals surface area (Å²) in [5.41, 5.74) is 3.21. The second-order valence-corrected chi connectivity index (χ2v) is 5.36. The highest BCUT2D eigenvalue weighted by atomic mass is 19.1. The number of rotatable bonds is 6. The quantitative estimate of drug-likeness (QED) is 0.846. The van der Waals surface area contributed by atoms with E-state index in [1.807, 2.05) is 25.1 Å². The highest BCUT2D eigenvalue weighted by molar-refractivity contribution is 5.28. The summed E-state index contributed by atoms with van der Waals surface area (Å²) in [6, 6.07) is 11.8. The van der Waals surface area contributed by atoms with Crippen LogP contribution in [0.2, 0.25) is 0 Å². The molecule has 2 aromatic carbocycles. The molecule has 0 spiro atoms. The Labute approximate surface area is 125 Å². The molecule has 0 aliphatic rings. The molecular formula is C18H21F2N. The lowest BCUT2D eigenvalue weighted by Crippen LogP contribution is -2.33. The summed E-state index contributed by atoms with van der Waals surface area (Å²) < 4.78 is 26.1. The van der Waals surface area contributed by atoms with Gasteiger partial charge in [-0.1, -0.05) is 25.1 Å². The Bertz CT molecular complexity index is 578. The molecule has 1 unspecified atom stereocenters. The molecule has 0 heterocycles. The van der Waals surface area contributed by atoms with E-state index in [4.69, 9.17) is 0 Å². The summed E-state index contributed by atoms with van der Waals surface area (Å²) >= 11 is 0. The van der Waals surface area contributed by atoms with Crippen LogP contribution in [0.25, 0.3) is 0 Å². The minimum absolute atomic E-state index is 0.199. The third-order valence-electron chi connectivity index (χ3n) is 3.66. The molecule has 2 rings (SSSR count). The van der Waals surface area contributed by atoms with Gasteiger partial charge in [-0.05, 0) is 67.3 Å². The third-order valence-corrected chi connectivity index (χ3v) is 3.66. The molecular weight excluding hydrogens is 268 g/mol. The number of benzene rings is 2. The number of likely N-dealkylation sites (N-methyl/N-ethyl adjacent to an activating group) is 1. The summed E-state index contributed by atoms with van der Waals surface area (Å²) in [5.74, 6) is -0.414. The first kappa shape index (κ1) is 15.6. The van der Waals surface area contributed by atoms with Gasteiger partial charge in [0.2, 0.25) is 0 Å². The maximum absolute atomic E-state index is 13.2. The van der Waals surface area contributed by atoms with Gasteiger partial charge < -0.3 is 5.32 Å². The van der Waals surface area contributed by atoms with Crippen molar-refractivity contribution in [1.29, 1.82) is 0 Å². The predicted octanol–water partition coefficient (Wildman–Crippen LogP) is 4.04. The highest BCUT2D eigenvalue weighted by Crippen LogP contribution is 2.15. The molecule has 0 bridgehead atoms. The van der Waals surface area contributed by atoms with Crippen LogP contribution in [0.5, 0.6) is 0 Å². The van der Waals surface area contributed by atoms with Crippen molar-refractivity contribution in [2.75, 3.05) is 6.54 Å². The molecule has 0 saturated carbocycles. The van der Waals surface area contributed by atoms with Crippen molar-refractivity contribution in [2.45, 2.75) is 32.7 Å². The van der Waals surface area contributed by atoms with E-state index in [1.165, 1.54) is 18.2 Å². The molecule has 0 aliphatic carbocycles.